The summed E-state index contributed by atoms with van der Waals surface area (Å²) in [4.78, 5) is 0. The van der Waals surface area contributed by atoms with Gasteiger partial charge in [0.15, 0.2) is 0 Å². The van der Waals surface area contributed by atoms with E-state index in [0.29, 0.717) is 0 Å². The summed E-state index contributed by atoms with van der Waals surface area (Å²) in [6.45, 7) is 1.89. The fraction of sp³-hybridized carbons (Fsp3) is 0.400. The molecule has 1 N–H and O–H groups in total. The minimum Gasteiger partial charge on any atom is -0.489 e. The van der Waals surface area contributed by atoms with Gasteiger partial charge in [0.1, 0.15) is 17.7 Å². The predicted molar refractivity (Wildman–Crippen MR) is 48.3 cm³/mol. The molecule has 1 aromatic carbocycles. The van der Waals surface area contributed by atoms with Gasteiger partial charge in [0, 0.05) is 6.54 Å². The monoisotopic (exact) mass is 181 g/mol. The average molecular weight is 181 g/mol. The van der Waals surface area contributed by atoms with Crippen molar-refractivity contribution >= 4 is 0 Å². The number of nitrogens with one attached hydrogen (secondary N) is 1. The van der Waals surface area contributed by atoms with Crippen molar-refractivity contribution in [3.05, 3.63) is 30.1 Å². The minimum atomic E-state index is -0.225. The molecule has 1 saturated heterocycles. The Balaban J connectivity index is 1.97. The van der Waals surface area contributed by atoms with E-state index in [1.807, 2.05) is 0 Å². The van der Waals surface area contributed by atoms with E-state index >= 15 is 0 Å². The SMILES string of the molecule is Fc1ccc(O[C@@H]2CCNC2)cc1. The summed E-state index contributed by atoms with van der Waals surface area (Å²) in [6.07, 6.45) is 1.27. The normalized spacial score (nSPS) is 21.8. The molecular formula is C10H12FNO. The van der Waals surface area contributed by atoms with Crippen molar-refractivity contribution in [1.29, 1.82) is 0 Å². The molecule has 1 heterocycles. The molecule has 1 atom stereocenters. The lowest BCUT2D eigenvalue weighted by Gasteiger charge is -2.11. The molecule has 1 aliphatic rings. The molecule has 70 valence electrons. The van der Waals surface area contributed by atoms with Crippen LogP contribution in [-0.2, 0) is 0 Å². The molecular weight excluding hydrogens is 169 g/mol. The maximum atomic E-state index is 12.5. The zero-order valence-electron chi connectivity index (χ0n) is 7.29. The second-order valence-corrected chi connectivity index (χ2v) is 3.19. The zero-order valence-corrected chi connectivity index (χ0v) is 7.29. The van der Waals surface area contributed by atoms with Crippen LogP contribution in [-0.4, -0.2) is 19.2 Å². The first-order chi connectivity index (χ1) is 6.34. The number of halogens is 1. The van der Waals surface area contributed by atoms with Gasteiger partial charge in [0.25, 0.3) is 0 Å². The summed E-state index contributed by atoms with van der Waals surface area (Å²) < 4.78 is 18.1. The number of benzene rings is 1. The van der Waals surface area contributed by atoms with E-state index < -0.39 is 0 Å². The van der Waals surface area contributed by atoms with Crippen molar-refractivity contribution < 1.29 is 9.13 Å². The number of hydrogen-bond acceptors (Lipinski definition) is 2. The van der Waals surface area contributed by atoms with E-state index in [1.54, 1.807) is 12.1 Å². The predicted octanol–water partition coefficient (Wildman–Crippen LogP) is 1.57. The summed E-state index contributed by atoms with van der Waals surface area (Å²) in [6, 6.07) is 6.15. The lowest BCUT2D eigenvalue weighted by molar-refractivity contribution is 0.223. The highest BCUT2D eigenvalue weighted by Gasteiger charge is 2.15. The smallest absolute Gasteiger partial charge is 0.123 e. The van der Waals surface area contributed by atoms with Crippen molar-refractivity contribution in [2.45, 2.75) is 12.5 Å². The molecule has 3 heteroatoms. The van der Waals surface area contributed by atoms with Crippen LogP contribution in [0.3, 0.4) is 0 Å². The van der Waals surface area contributed by atoms with Crippen molar-refractivity contribution in [3.8, 4) is 5.75 Å². The molecule has 0 spiro atoms. The maximum Gasteiger partial charge on any atom is 0.123 e. The molecule has 0 radical (unpaired) electrons. The first kappa shape index (κ1) is 8.51. The molecule has 13 heavy (non-hydrogen) atoms. The Morgan fingerprint density at radius 1 is 1.31 bits per heavy atom. The number of hydrogen-bond donors (Lipinski definition) is 1. The lowest BCUT2D eigenvalue weighted by Crippen LogP contribution is -2.19. The van der Waals surface area contributed by atoms with Crippen LogP contribution in [0.2, 0.25) is 0 Å². The van der Waals surface area contributed by atoms with Crippen molar-refractivity contribution in [1.82, 2.24) is 5.32 Å². The van der Waals surface area contributed by atoms with Gasteiger partial charge in [-0.25, -0.2) is 4.39 Å². The molecule has 0 aromatic heterocycles. The van der Waals surface area contributed by atoms with Crippen LogP contribution in [0.15, 0.2) is 24.3 Å². The van der Waals surface area contributed by atoms with Crippen LogP contribution < -0.4 is 10.1 Å². The van der Waals surface area contributed by atoms with Crippen molar-refractivity contribution in [3.63, 3.8) is 0 Å². The Hall–Kier alpha value is -1.09. The standard InChI is InChI=1S/C10H12FNO/c11-8-1-3-9(4-2-8)13-10-5-6-12-7-10/h1-4,10,12H,5-7H2/t10-/m1/s1. The first-order valence-corrected chi connectivity index (χ1v) is 4.47. The molecule has 0 amide bonds. The first-order valence-electron chi connectivity index (χ1n) is 4.47. The molecule has 2 rings (SSSR count). The van der Waals surface area contributed by atoms with Crippen molar-refractivity contribution in [2.24, 2.45) is 0 Å². The largest absolute Gasteiger partial charge is 0.489 e. The molecule has 0 aliphatic carbocycles. The van der Waals surface area contributed by atoms with Crippen molar-refractivity contribution in [2.75, 3.05) is 13.1 Å². The molecule has 1 aromatic rings. The van der Waals surface area contributed by atoms with Crippen LogP contribution in [0.4, 0.5) is 4.39 Å². The zero-order chi connectivity index (χ0) is 9.10. The Bertz CT molecular complexity index is 267. The Kier molecular flexibility index (Phi) is 2.45. The van der Waals surface area contributed by atoms with E-state index in [4.69, 9.17) is 4.74 Å². The summed E-state index contributed by atoms with van der Waals surface area (Å²) in [7, 11) is 0. The van der Waals surface area contributed by atoms with E-state index in [9.17, 15) is 4.39 Å². The molecule has 0 saturated carbocycles. The van der Waals surface area contributed by atoms with Gasteiger partial charge in [0.05, 0.1) is 0 Å². The summed E-state index contributed by atoms with van der Waals surface area (Å²) in [5, 5.41) is 3.20. The second-order valence-electron chi connectivity index (χ2n) is 3.19. The summed E-state index contributed by atoms with van der Waals surface area (Å²) in [5.41, 5.74) is 0. The maximum absolute atomic E-state index is 12.5. The van der Waals surface area contributed by atoms with E-state index in [0.717, 1.165) is 25.3 Å². The molecule has 1 aliphatic heterocycles. The number of ether oxygens (including phenoxy) is 1. The van der Waals surface area contributed by atoms with Gasteiger partial charge < -0.3 is 10.1 Å². The third kappa shape index (κ3) is 2.18. The fourth-order valence-corrected chi connectivity index (χ4v) is 1.43. The van der Waals surface area contributed by atoms with Gasteiger partial charge in [-0.2, -0.15) is 0 Å². The van der Waals surface area contributed by atoms with Gasteiger partial charge in [0.2, 0.25) is 0 Å². The highest BCUT2D eigenvalue weighted by atomic mass is 19.1. The lowest BCUT2D eigenvalue weighted by atomic mass is 10.3. The van der Waals surface area contributed by atoms with Gasteiger partial charge in [-0.1, -0.05) is 0 Å². The molecule has 0 bridgehead atoms. The highest BCUT2D eigenvalue weighted by molar-refractivity contribution is 5.22. The van der Waals surface area contributed by atoms with Crippen LogP contribution in [0.1, 0.15) is 6.42 Å². The highest BCUT2D eigenvalue weighted by Crippen LogP contribution is 2.15. The topological polar surface area (TPSA) is 21.3 Å². The summed E-state index contributed by atoms with van der Waals surface area (Å²) >= 11 is 0. The molecule has 2 nitrogen and oxygen atoms in total. The van der Waals surface area contributed by atoms with Gasteiger partial charge in [-0.3, -0.25) is 0 Å². The second kappa shape index (κ2) is 3.75. The van der Waals surface area contributed by atoms with Crippen LogP contribution >= 0.6 is 0 Å². The van der Waals surface area contributed by atoms with E-state index in [2.05, 4.69) is 5.32 Å². The van der Waals surface area contributed by atoms with Crippen LogP contribution in [0, 0.1) is 5.82 Å². The average Bonchev–Trinajstić information content (AvgIpc) is 2.62. The van der Waals surface area contributed by atoms with Gasteiger partial charge in [-0.05, 0) is 37.2 Å². The third-order valence-corrected chi connectivity index (χ3v) is 2.13. The molecule has 0 unspecified atom stereocenters. The van der Waals surface area contributed by atoms with E-state index in [1.165, 1.54) is 12.1 Å². The van der Waals surface area contributed by atoms with Crippen LogP contribution in [0.25, 0.3) is 0 Å². The molecule has 1 fully saturated rings. The van der Waals surface area contributed by atoms with Gasteiger partial charge in [-0.15, -0.1) is 0 Å². The quantitative estimate of drug-likeness (QED) is 0.747. The van der Waals surface area contributed by atoms with E-state index in [-0.39, 0.29) is 11.9 Å². The third-order valence-electron chi connectivity index (χ3n) is 2.13. The Morgan fingerprint density at radius 2 is 2.08 bits per heavy atom. The Labute approximate surface area is 76.7 Å². The van der Waals surface area contributed by atoms with Crippen LogP contribution in [0.5, 0.6) is 5.75 Å². The van der Waals surface area contributed by atoms with Gasteiger partial charge >= 0.3 is 0 Å². The number of rotatable bonds is 2. The summed E-state index contributed by atoms with van der Waals surface area (Å²) in [5.74, 6) is 0.520. The fourth-order valence-electron chi connectivity index (χ4n) is 1.43. The minimum absolute atomic E-state index is 0.225. The Morgan fingerprint density at radius 3 is 2.69 bits per heavy atom.